The molecule has 0 nitrogen and oxygen atoms in total. The molecule has 0 saturated carbocycles. The predicted molar refractivity (Wildman–Crippen MR) is 187 cm³/mol. The average Bonchev–Trinajstić information content (AvgIpc) is 3.27. The largest absolute Gasteiger partial charge is 0.0936 e. The van der Waals surface area contributed by atoms with Crippen LogP contribution >= 0.6 is 11.8 Å². The fourth-order valence-electron chi connectivity index (χ4n) is 9.99. The van der Waals surface area contributed by atoms with Gasteiger partial charge in [-0.3, -0.25) is 0 Å². The minimum Gasteiger partial charge on any atom is -0.0936 e. The van der Waals surface area contributed by atoms with E-state index in [1.807, 2.05) is 11.8 Å². The summed E-state index contributed by atoms with van der Waals surface area (Å²) in [6.45, 7) is 2.57. The minimum atomic E-state index is 0.511. The van der Waals surface area contributed by atoms with Gasteiger partial charge in [0, 0.05) is 16.7 Å². The van der Waals surface area contributed by atoms with Gasteiger partial charge < -0.3 is 0 Å². The molecule has 0 fully saturated rings. The number of rotatable bonds is 2. The second kappa shape index (κ2) is 11.1. The van der Waals surface area contributed by atoms with E-state index in [1.54, 1.807) is 38.3 Å². The molecule has 0 spiro atoms. The first-order chi connectivity index (χ1) is 21.7. The summed E-state index contributed by atoms with van der Waals surface area (Å²) >= 11 is 2.00. The van der Waals surface area contributed by atoms with E-state index >= 15 is 0 Å². The first kappa shape index (κ1) is 27.3. The molecule has 6 unspecified atom stereocenters. The van der Waals surface area contributed by atoms with E-state index in [0.717, 1.165) is 5.92 Å². The molecule has 1 heteroatoms. The summed E-state index contributed by atoms with van der Waals surface area (Å²) in [5.74, 6) is 4.28. The fourth-order valence-corrected chi connectivity index (χ4v) is 11.2. The Balaban J connectivity index is 1.05. The number of hydrogen-bond acceptors (Lipinski definition) is 1. The molecule has 0 aromatic heterocycles. The molecular formula is C43H44S. The van der Waals surface area contributed by atoms with E-state index in [9.17, 15) is 0 Å². The highest BCUT2D eigenvalue weighted by molar-refractivity contribution is 8.03. The van der Waals surface area contributed by atoms with Gasteiger partial charge in [0.15, 0.2) is 0 Å². The molecule has 0 N–H and O–H groups in total. The Morgan fingerprint density at radius 3 is 2.75 bits per heavy atom. The molecule has 1 aliphatic heterocycles. The van der Waals surface area contributed by atoms with Crippen molar-refractivity contribution < 1.29 is 0 Å². The minimum absolute atomic E-state index is 0.511. The van der Waals surface area contributed by atoms with Gasteiger partial charge in [-0.25, -0.2) is 0 Å². The first-order valence-corrected chi connectivity index (χ1v) is 18.3. The number of allylic oxidation sites excluding steroid dienone is 14. The van der Waals surface area contributed by atoms with Crippen LogP contribution in [-0.4, -0.2) is 0 Å². The standard InChI is InChI=1S/C43H44S/c1-27-34-21-19-31(30-18-17-29-12-8-11-28-9-2-4-13-35(28)39(29)23-30)24-40(34)36-14-5-3-10-32(36)25-38(27)33-20-22-43-41(26-33)37-15-6-7-16-42(37)44-43/h2-3,6-7,9-10,15-24,27-28,34-35,38,40-41H,4-5,8,11-14,25-26H2,1H3/t27-,28?,34?,35?,38?,40?,41?/m1/s1. The smallest absolute Gasteiger partial charge is 0.0201 e. The summed E-state index contributed by atoms with van der Waals surface area (Å²) in [7, 11) is 0. The van der Waals surface area contributed by atoms with Crippen LogP contribution in [0, 0.1) is 29.6 Å². The van der Waals surface area contributed by atoms with Crippen molar-refractivity contribution in [3.8, 4) is 0 Å². The van der Waals surface area contributed by atoms with Crippen LogP contribution in [0.1, 0.15) is 92.4 Å². The van der Waals surface area contributed by atoms with Gasteiger partial charge in [-0.1, -0.05) is 121 Å². The summed E-state index contributed by atoms with van der Waals surface area (Å²) in [4.78, 5) is 3.02. The molecule has 6 aliphatic carbocycles. The van der Waals surface area contributed by atoms with Gasteiger partial charge in [-0.05, 0) is 132 Å². The second-order valence-electron chi connectivity index (χ2n) is 14.5. The van der Waals surface area contributed by atoms with Gasteiger partial charge >= 0.3 is 0 Å². The molecule has 44 heavy (non-hydrogen) atoms. The Kier molecular flexibility index (Phi) is 6.88. The first-order valence-electron chi connectivity index (χ1n) is 17.5. The van der Waals surface area contributed by atoms with Crippen molar-refractivity contribution in [1.29, 1.82) is 0 Å². The highest BCUT2D eigenvalue weighted by Crippen LogP contribution is 2.56. The maximum Gasteiger partial charge on any atom is 0.0201 e. The topological polar surface area (TPSA) is 0 Å². The van der Waals surface area contributed by atoms with E-state index in [2.05, 4.69) is 104 Å². The van der Waals surface area contributed by atoms with Gasteiger partial charge in [0.2, 0.25) is 0 Å². The average molecular weight is 593 g/mol. The molecule has 7 aliphatic rings. The maximum atomic E-state index is 2.70. The van der Waals surface area contributed by atoms with Crippen LogP contribution in [0.4, 0.5) is 0 Å². The summed E-state index contributed by atoms with van der Waals surface area (Å²) in [6, 6.07) is 16.7. The Hall–Kier alpha value is -3.03. The number of fused-ring (bicyclic) bond motifs is 8. The van der Waals surface area contributed by atoms with Crippen molar-refractivity contribution >= 4 is 17.3 Å². The van der Waals surface area contributed by atoms with E-state index in [0.29, 0.717) is 35.5 Å². The molecular weight excluding hydrogens is 549 g/mol. The lowest BCUT2D eigenvalue weighted by atomic mass is 9.68. The van der Waals surface area contributed by atoms with E-state index in [4.69, 9.17) is 0 Å². The van der Waals surface area contributed by atoms with E-state index < -0.39 is 0 Å². The predicted octanol–water partition coefficient (Wildman–Crippen LogP) is 11.7. The zero-order valence-corrected chi connectivity index (χ0v) is 26.9. The third-order valence-corrected chi connectivity index (χ3v) is 13.6. The summed E-state index contributed by atoms with van der Waals surface area (Å²) in [5, 5.41) is 0. The number of benzene rings is 2. The molecule has 0 radical (unpaired) electrons. The monoisotopic (exact) mass is 592 g/mol. The van der Waals surface area contributed by atoms with Gasteiger partial charge in [-0.15, -0.1) is 0 Å². The van der Waals surface area contributed by atoms with Crippen molar-refractivity contribution in [3.05, 3.63) is 141 Å². The number of aryl methyl sites for hydroxylation is 1. The summed E-state index contributed by atoms with van der Waals surface area (Å²) < 4.78 is 0. The molecule has 0 saturated heterocycles. The lowest BCUT2D eigenvalue weighted by Gasteiger charge is -2.36. The molecule has 7 atom stereocenters. The van der Waals surface area contributed by atoms with Crippen molar-refractivity contribution in [2.45, 2.75) is 81.4 Å². The number of thioether (sulfide) groups is 1. The Bertz CT molecular complexity index is 1720. The lowest BCUT2D eigenvalue weighted by Crippen LogP contribution is -2.27. The Morgan fingerprint density at radius 2 is 1.77 bits per heavy atom. The zero-order chi connectivity index (χ0) is 29.2. The maximum absolute atomic E-state index is 2.70. The summed E-state index contributed by atoms with van der Waals surface area (Å²) in [5.41, 5.74) is 12.8. The Morgan fingerprint density at radius 1 is 0.818 bits per heavy atom. The zero-order valence-electron chi connectivity index (χ0n) is 26.1. The van der Waals surface area contributed by atoms with E-state index in [1.165, 1.54) is 73.8 Å². The van der Waals surface area contributed by atoms with Crippen LogP contribution in [0.25, 0.3) is 5.57 Å². The molecule has 2 aromatic carbocycles. The fraction of sp³-hybridized carbons (Fsp3) is 0.395. The molecule has 222 valence electrons. The summed E-state index contributed by atoms with van der Waals surface area (Å²) in [6.07, 6.45) is 34.0. The van der Waals surface area contributed by atoms with Crippen molar-refractivity contribution in [2.75, 3.05) is 0 Å². The molecule has 1 heterocycles. The van der Waals surface area contributed by atoms with Gasteiger partial charge in [-0.2, -0.15) is 0 Å². The van der Waals surface area contributed by atoms with Crippen LogP contribution in [0.3, 0.4) is 0 Å². The van der Waals surface area contributed by atoms with Gasteiger partial charge in [0.1, 0.15) is 0 Å². The molecule has 2 aromatic rings. The highest BCUT2D eigenvalue weighted by atomic mass is 32.2. The van der Waals surface area contributed by atoms with Crippen LogP contribution in [0.5, 0.6) is 0 Å². The third kappa shape index (κ3) is 4.56. The van der Waals surface area contributed by atoms with Gasteiger partial charge in [0.25, 0.3) is 0 Å². The van der Waals surface area contributed by atoms with Crippen molar-refractivity contribution in [1.82, 2.24) is 0 Å². The van der Waals surface area contributed by atoms with Gasteiger partial charge in [0.05, 0.1) is 0 Å². The SMILES string of the molecule is C[C@H]1C(C2=CC=C3Sc4ccccc4C3C2)CC2=C(CCC=C2)C2C=C(c3ccc4c(c3)C3CCC=CC3CCC4)C=CC21. The van der Waals surface area contributed by atoms with E-state index in [-0.39, 0.29) is 0 Å². The highest BCUT2D eigenvalue weighted by Gasteiger charge is 2.41. The van der Waals surface area contributed by atoms with Crippen molar-refractivity contribution in [2.24, 2.45) is 29.6 Å². The van der Waals surface area contributed by atoms with Crippen molar-refractivity contribution in [3.63, 3.8) is 0 Å². The van der Waals surface area contributed by atoms with Crippen LogP contribution in [0.2, 0.25) is 0 Å². The Labute approximate surface area is 268 Å². The normalized spacial score (nSPS) is 33.4. The molecule has 0 bridgehead atoms. The lowest BCUT2D eigenvalue weighted by molar-refractivity contribution is 0.289. The van der Waals surface area contributed by atoms with Crippen LogP contribution in [-0.2, 0) is 6.42 Å². The van der Waals surface area contributed by atoms with Crippen LogP contribution < -0.4 is 0 Å². The van der Waals surface area contributed by atoms with Crippen LogP contribution in [0.15, 0.2) is 124 Å². The molecule has 9 rings (SSSR count). The second-order valence-corrected chi connectivity index (χ2v) is 15.6. The number of hydrogen-bond donors (Lipinski definition) is 0. The quantitative estimate of drug-likeness (QED) is 0.313. The molecule has 0 amide bonds. The third-order valence-electron chi connectivity index (χ3n) is 12.3.